The van der Waals surface area contributed by atoms with Gasteiger partial charge in [0.15, 0.2) is 0 Å². The maximum Gasteiger partial charge on any atom is 0.313 e. The molecule has 3 aromatic rings. The van der Waals surface area contributed by atoms with Crippen LogP contribution in [-0.2, 0) is 16.2 Å². The molecule has 5 nitrogen and oxygen atoms in total. The number of benzene rings is 3. The Morgan fingerprint density at radius 3 is 2.21 bits per heavy atom. The molecule has 3 rings (SSSR count). The van der Waals surface area contributed by atoms with E-state index in [9.17, 15) is 14.0 Å². The van der Waals surface area contributed by atoms with Gasteiger partial charge in [0.05, 0.1) is 6.04 Å². The predicted molar refractivity (Wildman–Crippen MR) is 109 cm³/mol. The van der Waals surface area contributed by atoms with Crippen LogP contribution in [0.25, 0.3) is 0 Å². The molecular weight excluding hydrogens is 371 g/mol. The van der Waals surface area contributed by atoms with Crippen molar-refractivity contribution in [1.29, 1.82) is 0 Å². The van der Waals surface area contributed by atoms with Crippen LogP contribution in [0.1, 0.15) is 24.1 Å². The summed E-state index contributed by atoms with van der Waals surface area (Å²) in [4.78, 5) is 24.2. The first-order chi connectivity index (χ1) is 14.0. The van der Waals surface area contributed by atoms with Gasteiger partial charge in [-0.25, -0.2) is 4.39 Å². The van der Waals surface area contributed by atoms with Crippen molar-refractivity contribution in [3.8, 4) is 5.75 Å². The minimum atomic E-state index is -0.781. The first kappa shape index (κ1) is 20.1. The van der Waals surface area contributed by atoms with E-state index in [0.29, 0.717) is 23.6 Å². The molecule has 0 unspecified atom stereocenters. The summed E-state index contributed by atoms with van der Waals surface area (Å²) in [5, 5.41) is 5.13. The fourth-order valence-electron chi connectivity index (χ4n) is 2.66. The number of amides is 2. The number of carbonyl (C=O) groups is 2. The molecular formula is C23H21FN2O3. The molecule has 0 aromatic heterocycles. The summed E-state index contributed by atoms with van der Waals surface area (Å²) in [5.74, 6) is -1.26. The van der Waals surface area contributed by atoms with Crippen LogP contribution in [-0.4, -0.2) is 11.8 Å². The molecule has 3 aromatic carbocycles. The zero-order valence-electron chi connectivity index (χ0n) is 15.9. The first-order valence-corrected chi connectivity index (χ1v) is 9.15. The molecule has 2 amide bonds. The third-order valence-corrected chi connectivity index (χ3v) is 4.28. The van der Waals surface area contributed by atoms with Gasteiger partial charge in [0.2, 0.25) is 0 Å². The largest absolute Gasteiger partial charge is 0.489 e. The van der Waals surface area contributed by atoms with E-state index in [4.69, 9.17) is 4.74 Å². The summed E-state index contributed by atoms with van der Waals surface area (Å²) in [5.41, 5.74) is 2.23. The lowest BCUT2D eigenvalue weighted by atomic mass is 10.1. The highest BCUT2D eigenvalue weighted by Gasteiger charge is 2.17. The van der Waals surface area contributed by atoms with Crippen LogP contribution in [0.5, 0.6) is 5.75 Å². The molecule has 0 heterocycles. The van der Waals surface area contributed by atoms with Gasteiger partial charge in [-0.15, -0.1) is 0 Å². The smallest absolute Gasteiger partial charge is 0.313 e. The van der Waals surface area contributed by atoms with Crippen molar-refractivity contribution in [3.63, 3.8) is 0 Å². The van der Waals surface area contributed by atoms with E-state index in [1.165, 1.54) is 12.1 Å². The number of halogens is 1. The summed E-state index contributed by atoms with van der Waals surface area (Å²) in [6, 6.07) is 21.8. The summed E-state index contributed by atoms with van der Waals surface area (Å²) >= 11 is 0. The second-order valence-corrected chi connectivity index (χ2v) is 6.50. The van der Waals surface area contributed by atoms with Crippen molar-refractivity contribution < 1.29 is 18.7 Å². The Balaban J connectivity index is 1.50. The molecule has 0 aliphatic rings. The monoisotopic (exact) mass is 392 g/mol. The second kappa shape index (κ2) is 9.50. The maximum atomic E-state index is 13.0. The van der Waals surface area contributed by atoms with Gasteiger partial charge in [-0.3, -0.25) is 9.59 Å². The summed E-state index contributed by atoms with van der Waals surface area (Å²) in [7, 11) is 0. The Morgan fingerprint density at radius 2 is 1.55 bits per heavy atom. The Hall–Kier alpha value is -3.67. The van der Waals surface area contributed by atoms with E-state index < -0.39 is 17.9 Å². The summed E-state index contributed by atoms with van der Waals surface area (Å²) in [6.07, 6.45) is 0. The third kappa shape index (κ3) is 5.90. The molecule has 0 bridgehead atoms. The van der Waals surface area contributed by atoms with Gasteiger partial charge >= 0.3 is 11.8 Å². The fourth-order valence-corrected chi connectivity index (χ4v) is 2.66. The number of nitrogens with one attached hydrogen (secondary N) is 2. The molecule has 0 aliphatic heterocycles. The number of anilines is 1. The molecule has 6 heteroatoms. The lowest BCUT2D eigenvalue weighted by molar-refractivity contribution is -0.136. The molecule has 148 valence electrons. The molecule has 1 atom stereocenters. The van der Waals surface area contributed by atoms with Crippen molar-refractivity contribution in [2.75, 3.05) is 5.32 Å². The van der Waals surface area contributed by atoms with E-state index in [1.54, 1.807) is 43.3 Å². The number of hydrogen-bond donors (Lipinski definition) is 2. The standard InChI is InChI=1S/C23H21FN2O3/c1-16(18-7-9-19(24)10-8-18)25-22(27)23(28)26-20-11-13-21(14-12-20)29-15-17-5-3-2-4-6-17/h2-14,16H,15H2,1H3,(H,25,27)(H,26,28)/t16-/m0/s1. The fraction of sp³-hybridized carbons (Fsp3) is 0.130. The summed E-state index contributed by atoms with van der Waals surface area (Å²) in [6.45, 7) is 2.16. The van der Waals surface area contributed by atoms with E-state index in [2.05, 4.69) is 10.6 Å². The molecule has 0 spiro atoms. The van der Waals surface area contributed by atoms with Crippen molar-refractivity contribution in [2.24, 2.45) is 0 Å². The molecule has 0 radical (unpaired) electrons. The zero-order valence-corrected chi connectivity index (χ0v) is 15.9. The van der Waals surface area contributed by atoms with Crippen molar-refractivity contribution in [2.45, 2.75) is 19.6 Å². The highest BCUT2D eigenvalue weighted by atomic mass is 19.1. The highest BCUT2D eigenvalue weighted by Crippen LogP contribution is 2.17. The van der Waals surface area contributed by atoms with Gasteiger partial charge in [-0.05, 0) is 54.4 Å². The number of hydrogen-bond acceptors (Lipinski definition) is 3. The van der Waals surface area contributed by atoms with E-state index in [-0.39, 0.29) is 5.82 Å². The zero-order chi connectivity index (χ0) is 20.6. The van der Waals surface area contributed by atoms with Crippen LogP contribution < -0.4 is 15.4 Å². The number of ether oxygens (including phenoxy) is 1. The molecule has 0 fully saturated rings. The maximum absolute atomic E-state index is 13.0. The van der Waals surface area contributed by atoms with Crippen LogP contribution in [0.15, 0.2) is 78.9 Å². The van der Waals surface area contributed by atoms with Crippen LogP contribution in [0.3, 0.4) is 0 Å². The molecule has 0 aliphatic carbocycles. The Labute approximate surface area is 168 Å². The SMILES string of the molecule is C[C@H](NC(=O)C(=O)Nc1ccc(OCc2ccccc2)cc1)c1ccc(F)cc1. The Bertz CT molecular complexity index is 958. The lowest BCUT2D eigenvalue weighted by Gasteiger charge is -2.14. The van der Waals surface area contributed by atoms with Gasteiger partial charge in [0.1, 0.15) is 18.2 Å². The van der Waals surface area contributed by atoms with Crippen molar-refractivity contribution >= 4 is 17.5 Å². The topological polar surface area (TPSA) is 67.4 Å². The van der Waals surface area contributed by atoms with Crippen LogP contribution in [0, 0.1) is 5.82 Å². The predicted octanol–water partition coefficient (Wildman–Crippen LogP) is 4.22. The van der Waals surface area contributed by atoms with E-state index in [1.807, 2.05) is 30.3 Å². The minimum Gasteiger partial charge on any atom is -0.489 e. The molecule has 0 saturated heterocycles. The van der Waals surface area contributed by atoms with Crippen LogP contribution in [0.4, 0.5) is 10.1 Å². The van der Waals surface area contributed by atoms with Gasteiger partial charge in [0, 0.05) is 5.69 Å². The molecule has 2 N–H and O–H groups in total. The van der Waals surface area contributed by atoms with Gasteiger partial charge in [-0.2, -0.15) is 0 Å². The first-order valence-electron chi connectivity index (χ1n) is 9.15. The third-order valence-electron chi connectivity index (χ3n) is 4.28. The number of rotatable bonds is 6. The van der Waals surface area contributed by atoms with E-state index >= 15 is 0 Å². The van der Waals surface area contributed by atoms with Gasteiger partial charge < -0.3 is 15.4 Å². The Morgan fingerprint density at radius 1 is 0.897 bits per heavy atom. The van der Waals surface area contributed by atoms with Crippen molar-refractivity contribution in [1.82, 2.24) is 5.32 Å². The average Bonchev–Trinajstić information content (AvgIpc) is 2.74. The lowest BCUT2D eigenvalue weighted by Crippen LogP contribution is -2.36. The quantitative estimate of drug-likeness (QED) is 0.617. The Kier molecular flexibility index (Phi) is 6.58. The van der Waals surface area contributed by atoms with Crippen LogP contribution >= 0.6 is 0 Å². The van der Waals surface area contributed by atoms with Crippen LogP contribution in [0.2, 0.25) is 0 Å². The normalized spacial score (nSPS) is 11.4. The summed E-state index contributed by atoms with van der Waals surface area (Å²) < 4.78 is 18.7. The average molecular weight is 392 g/mol. The number of carbonyl (C=O) groups excluding carboxylic acids is 2. The van der Waals surface area contributed by atoms with E-state index in [0.717, 1.165) is 5.56 Å². The molecule has 0 saturated carbocycles. The molecule has 29 heavy (non-hydrogen) atoms. The van der Waals surface area contributed by atoms with Gasteiger partial charge in [-0.1, -0.05) is 42.5 Å². The van der Waals surface area contributed by atoms with Crippen molar-refractivity contribution in [3.05, 3.63) is 95.8 Å². The highest BCUT2D eigenvalue weighted by molar-refractivity contribution is 6.39. The second-order valence-electron chi connectivity index (χ2n) is 6.50. The van der Waals surface area contributed by atoms with Gasteiger partial charge in [0.25, 0.3) is 0 Å². The minimum absolute atomic E-state index is 0.360.